The lowest BCUT2D eigenvalue weighted by Crippen LogP contribution is -2.44. The van der Waals surface area contributed by atoms with E-state index in [9.17, 15) is 4.79 Å². The van der Waals surface area contributed by atoms with E-state index < -0.39 is 0 Å². The molecule has 4 rings (SSSR count). The van der Waals surface area contributed by atoms with E-state index in [1.165, 1.54) is 0 Å². The quantitative estimate of drug-likeness (QED) is 0.586. The SMILES string of the molecule is CC#CCn1c(N2CCNCC2)nc2nc(OCC)n(CCc3ccccc3)c(=O)c21. The first kappa shape index (κ1) is 20.9. The van der Waals surface area contributed by atoms with Gasteiger partial charge in [-0.25, -0.2) is 0 Å². The Bertz CT molecular complexity index is 1150. The number of aryl methyl sites for hydroxylation is 1. The first-order chi connectivity index (χ1) is 15.2. The van der Waals surface area contributed by atoms with Crippen LogP contribution in [0.1, 0.15) is 19.4 Å². The number of nitrogens with one attached hydrogen (secondary N) is 1. The molecule has 31 heavy (non-hydrogen) atoms. The van der Waals surface area contributed by atoms with Gasteiger partial charge in [-0.15, -0.1) is 5.92 Å². The summed E-state index contributed by atoms with van der Waals surface area (Å²) in [7, 11) is 0. The Hall–Kier alpha value is -3.31. The fourth-order valence-electron chi connectivity index (χ4n) is 3.82. The molecule has 3 heterocycles. The Kier molecular flexibility index (Phi) is 6.53. The van der Waals surface area contributed by atoms with Gasteiger partial charge in [-0.1, -0.05) is 36.3 Å². The van der Waals surface area contributed by atoms with Crippen LogP contribution in [0.25, 0.3) is 11.2 Å². The van der Waals surface area contributed by atoms with Crippen molar-refractivity contribution in [3.8, 4) is 17.9 Å². The Balaban J connectivity index is 1.82. The Morgan fingerprint density at radius 3 is 2.61 bits per heavy atom. The summed E-state index contributed by atoms with van der Waals surface area (Å²) in [4.78, 5) is 25.2. The van der Waals surface area contributed by atoms with Crippen LogP contribution in [0.5, 0.6) is 6.01 Å². The Morgan fingerprint density at radius 2 is 1.90 bits per heavy atom. The highest BCUT2D eigenvalue weighted by Crippen LogP contribution is 2.22. The van der Waals surface area contributed by atoms with Gasteiger partial charge in [0.2, 0.25) is 5.95 Å². The van der Waals surface area contributed by atoms with Crippen LogP contribution in [0.15, 0.2) is 35.1 Å². The van der Waals surface area contributed by atoms with Crippen molar-refractivity contribution in [1.29, 1.82) is 0 Å². The van der Waals surface area contributed by atoms with Crippen molar-refractivity contribution in [3.63, 3.8) is 0 Å². The van der Waals surface area contributed by atoms with Crippen molar-refractivity contribution in [3.05, 3.63) is 46.2 Å². The number of fused-ring (bicyclic) bond motifs is 1. The van der Waals surface area contributed by atoms with Gasteiger partial charge >= 0.3 is 6.01 Å². The third-order valence-electron chi connectivity index (χ3n) is 5.36. The van der Waals surface area contributed by atoms with Crippen LogP contribution in [0.2, 0.25) is 0 Å². The molecule has 0 amide bonds. The fraction of sp³-hybridized carbons (Fsp3) is 0.435. The molecular formula is C23H28N6O2. The number of aromatic nitrogens is 4. The molecule has 0 unspecified atom stereocenters. The third kappa shape index (κ3) is 4.42. The molecule has 1 saturated heterocycles. The second-order valence-electron chi connectivity index (χ2n) is 7.35. The second-order valence-corrected chi connectivity index (χ2v) is 7.35. The molecule has 1 aromatic carbocycles. The molecule has 0 bridgehead atoms. The van der Waals surface area contributed by atoms with Crippen molar-refractivity contribution >= 4 is 17.1 Å². The minimum absolute atomic E-state index is 0.142. The number of hydrogen-bond donors (Lipinski definition) is 1. The van der Waals surface area contributed by atoms with E-state index in [1.807, 2.05) is 29.7 Å². The molecule has 1 aliphatic heterocycles. The van der Waals surface area contributed by atoms with Gasteiger partial charge in [0.05, 0.1) is 13.2 Å². The standard InChI is InChI=1S/C23H28N6O2/c1-3-5-14-28-19-20(25-22(28)27-16-12-24-13-17-27)26-23(31-4-2)29(21(19)30)15-11-18-9-7-6-8-10-18/h6-10,24H,4,11-17H2,1-2H3. The number of hydrogen-bond acceptors (Lipinski definition) is 6. The molecule has 0 saturated carbocycles. The molecule has 1 aliphatic rings. The van der Waals surface area contributed by atoms with Gasteiger partial charge in [-0.3, -0.25) is 13.9 Å². The maximum Gasteiger partial charge on any atom is 0.301 e. The number of nitrogens with zero attached hydrogens (tertiary/aromatic N) is 5. The Morgan fingerprint density at radius 1 is 1.13 bits per heavy atom. The van der Waals surface area contributed by atoms with E-state index >= 15 is 0 Å². The topological polar surface area (TPSA) is 77.2 Å². The summed E-state index contributed by atoms with van der Waals surface area (Å²) < 4.78 is 9.27. The predicted octanol–water partition coefficient (Wildman–Crippen LogP) is 1.67. The van der Waals surface area contributed by atoms with Crippen LogP contribution in [0.3, 0.4) is 0 Å². The smallest absolute Gasteiger partial charge is 0.301 e. The van der Waals surface area contributed by atoms with Crippen LogP contribution >= 0.6 is 0 Å². The van der Waals surface area contributed by atoms with E-state index in [-0.39, 0.29) is 5.56 Å². The average Bonchev–Trinajstić information content (AvgIpc) is 3.17. The first-order valence-electron chi connectivity index (χ1n) is 10.8. The number of ether oxygens (including phenoxy) is 1. The van der Waals surface area contributed by atoms with Crippen LogP contribution in [-0.2, 0) is 19.5 Å². The summed E-state index contributed by atoms with van der Waals surface area (Å²) in [5.41, 5.74) is 1.91. The zero-order valence-electron chi connectivity index (χ0n) is 18.1. The molecular weight excluding hydrogens is 392 g/mol. The molecule has 0 aliphatic carbocycles. The molecule has 3 aromatic rings. The van der Waals surface area contributed by atoms with E-state index in [4.69, 9.17) is 9.72 Å². The summed E-state index contributed by atoms with van der Waals surface area (Å²) in [6, 6.07) is 10.4. The number of benzene rings is 1. The summed E-state index contributed by atoms with van der Waals surface area (Å²) in [5.74, 6) is 6.76. The number of piperazine rings is 1. The maximum atomic E-state index is 13.6. The molecule has 8 nitrogen and oxygen atoms in total. The normalized spacial score (nSPS) is 13.8. The average molecular weight is 421 g/mol. The molecule has 2 aromatic heterocycles. The van der Waals surface area contributed by atoms with E-state index in [0.717, 1.165) is 37.7 Å². The second kappa shape index (κ2) is 9.67. The summed E-state index contributed by atoms with van der Waals surface area (Å²) in [6.07, 6.45) is 0.710. The van der Waals surface area contributed by atoms with Gasteiger partial charge in [0.25, 0.3) is 5.56 Å². The molecule has 1 fully saturated rings. The highest BCUT2D eigenvalue weighted by atomic mass is 16.5. The molecule has 0 spiro atoms. The minimum Gasteiger partial charge on any atom is -0.465 e. The monoisotopic (exact) mass is 420 g/mol. The zero-order chi connectivity index (χ0) is 21.6. The van der Waals surface area contributed by atoms with E-state index in [2.05, 4.69) is 39.2 Å². The lowest BCUT2D eigenvalue weighted by atomic mass is 10.1. The number of anilines is 1. The highest BCUT2D eigenvalue weighted by Gasteiger charge is 2.24. The number of rotatable bonds is 7. The molecule has 162 valence electrons. The first-order valence-corrected chi connectivity index (χ1v) is 10.8. The fourth-order valence-corrected chi connectivity index (χ4v) is 3.82. The van der Waals surface area contributed by atoms with Gasteiger partial charge < -0.3 is 15.0 Å². The highest BCUT2D eigenvalue weighted by molar-refractivity contribution is 5.75. The molecule has 0 atom stereocenters. The predicted molar refractivity (Wildman–Crippen MR) is 122 cm³/mol. The summed E-state index contributed by atoms with van der Waals surface area (Å²) >= 11 is 0. The van der Waals surface area contributed by atoms with Gasteiger partial charge in [-0.05, 0) is 25.8 Å². The molecule has 1 N–H and O–H groups in total. The van der Waals surface area contributed by atoms with Crippen molar-refractivity contribution in [1.82, 2.24) is 24.4 Å². The van der Waals surface area contributed by atoms with Crippen LogP contribution in [0, 0.1) is 11.8 Å². The van der Waals surface area contributed by atoms with Gasteiger partial charge in [0.15, 0.2) is 11.2 Å². The summed E-state index contributed by atoms with van der Waals surface area (Å²) in [6.45, 7) is 8.39. The van der Waals surface area contributed by atoms with Crippen molar-refractivity contribution in [2.24, 2.45) is 0 Å². The van der Waals surface area contributed by atoms with Crippen molar-refractivity contribution < 1.29 is 4.74 Å². The van der Waals surface area contributed by atoms with Gasteiger partial charge in [0, 0.05) is 32.7 Å². The zero-order valence-corrected chi connectivity index (χ0v) is 18.1. The molecule has 0 radical (unpaired) electrons. The van der Waals surface area contributed by atoms with E-state index in [1.54, 1.807) is 11.5 Å². The van der Waals surface area contributed by atoms with Gasteiger partial charge in [0.1, 0.15) is 0 Å². The van der Waals surface area contributed by atoms with Crippen LogP contribution < -0.4 is 20.5 Å². The molecule has 8 heteroatoms. The number of imidazole rings is 1. The Labute approximate surface area is 181 Å². The lowest BCUT2D eigenvalue weighted by molar-refractivity contribution is 0.290. The maximum absolute atomic E-state index is 13.6. The van der Waals surface area contributed by atoms with Gasteiger partial charge in [-0.2, -0.15) is 9.97 Å². The van der Waals surface area contributed by atoms with Crippen molar-refractivity contribution in [2.75, 3.05) is 37.7 Å². The largest absolute Gasteiger partial charge is 0.465 e. The lowest BCUT2D eigenvalue weighted by Gasteiger charge is -2.28. The van der Waals surface area contributed by atoms with Crippen LogP contribution in [0.4, 0.5) is 5.95 Å². The van der Waals surface area contributed by atoms with E-state index in [0.29, 0.717) is 43.3 Å². The summed E-state index contributed by atoms with van der Waals surface area (Å²) in [5, 5.41) is 3.35. The van der Waals surface area contributed by atoms with Crippen LogP contribution in [-0.4, -0.2) is 51.9 Å². The third-order valence-corrected chi connectivity index (χ3v) is 5.36. The minimum atomic E-state index is -0.142. The van der Waals surface area contributed by atoms with Crippen molar-refractivity contribution in [2.45, 2.75) is 33.4 Å².